The monoisotopic (exact) mass is 1700 g/mol. The zero-order valence-corrected chi connectivity index (χ0v) is 84.6. The standard InChI is InChI=1S/4C23H15N.16C2H6/c1-2-7-17-15(6-1)14-16-11-12-20-18-8-3-4-9-19(18)21-10-5-13-24(21)23(20)22(16)17;1-2-7-16-15(6-1)14-20-17(16)11-12-22-23(20)19-9-4-3-8-18(19)21-10-5-13-24(21)22;1-2-7-16-15(6-1)14-21-18(16)11-12-20-17-8-3-4-9-19(17)22-10-5-13-24(22)23(20)21;1-2-7-17-15(6-1)12-16-13-23-21(14-20(16)17)18-8-3-4-9-19(18)22-10-5-11-24(22)23;16*1-2/h3*1-13H,14H2;1-11,13-14H,12H2;16*1-2H3. The maximum Gasteiger partial charge on any atom is 0.0615 e. The van der Waals surface area contributed by atoms with E-state index in [9.17, 15) is 0 Å². The third-order valence-corrected chi connectivity index (χ3v) is 21.7. The Balaban J connectivity index is 0.000000273. The van der Waals surface area contributed by atoms with Crippen LogP contribution in [-0.4, -0.2) is 17.6 Å². The number of hydrogen-bond acceptors (Lipinski definition) is 0. The summed E-state index contributed by atoms with van der Waals surface area (Å²) in [6, 6.07) is 106. The zero-order valence-electron chi connectivity index (χ0n) is 84.6. The molecule has 0 aliphatic heterocycles. The van der Waals surface area contributed by atoms with Gasteiger partial charge in [-0.1, -0.05) is 446 Å². The molecule has 0 saturated carbocycles. The van der Waals surface area contributed by atoms with Crippen LogP contribution in [0.4, 0.5) is 0 Å². The third-order valence-electron chi connectivity index (χ3n) is 21.7. The molecule has 0 atom stereocenters. The minimum atomic E-state index is 1.02. The third kappa shape index (κ3) is 20.9. The highest BCUT2D eigenvalue weighted by Gasteiger charge is 2.27. The largest absolute Gasteiger partial charge is 0.316 e. The fraction of sp³-hybridized carbons (Fsp3) is 0.290. The lowest BCUT2D eigenvalue weighted by molar-refractivity contribution is 1.22. The summed E-state index contributed by atoms with van der Waals surface area (Å²) in [5, 5.41) is 16.1. The Labute approximate surface area is 773 Å². The van der Waals surface area contributed by atoms with Gasteiger partial charge in [-0.05, 0) is 191 Å². The Morgan fingerprint density at radius 2 is 0.453 bits per heavy atom. The molecule has 0 spiro atoms. The van der Waals surface area contributed by atoms with Gasteiger partial charge in [0.25, 0.3) is 0 Å². The van der Waals surface area contributed by atoms with Gasteiger partial charge in [-0.25, -0.2) is 0 Å². The summed E-state index contributed by atoms with van der Waals surface area (Å²) in [4.78, 5) is 0. The van der Waals surface area contributed by atoms with Gasteiger partial charge in [0.1, 0.15) is 0 Å². The second kappa shape index (κ2) is 55.4. The van der Waals surface area contributed by atoms with Crippen molar-refractivity contribution in [3.63, 3.8) is 0 Å². The van der Waals surface area contributed by atoms with E-state index in [-0.39, 0.29) is 0 Å². The van der Waals surface area contributed by atoms with Crippen LogP contribution in [0.15, 0.2) is 316 Å². The number of hydrogen-bond donors (Lipinski definition) is 0. The molecule has 4 aliphatic carbocycles. The first-order valence-electron chi connectivity index (χ1n) is 49.7. The molecule has 4 aliphatic rings. The fourth-order valence-electron chi connectivity index (χ4n) is 17.6. The van der Waals surface area contributed by atoms with Crippen molar-refractivity contribution in [2.75, 3.05) is 0 Å². The Morgan fingerprint density at radius 3 is 0.906 bits per heavy atom. The van der Waals surface area contributed by atoms with Crippen LogP contribution >= 0.6 is 0 Å². The van der Waals surface area contributed by atoms with E-state index in [1.165, 1.54) is 198 Å². The molecular formula is C124H156N4. The van der Waals surface area contributed by atoms with E-state index in [0.717, 1.165) is 25.7 Å². The molecule has 4 nitrogen and oxygen atoms in total. The van der Waals surface area contributed by atoms with Crippen LogP contribution in [0, 0.1) is 0 Å². The number of nitrogens with zero attached hydrogens (tertiary/aromatic N) is 4. The number of aromatic nitrogens is 4. The quantitative estimate of drug-likeness (QED) is 0.135. The summed E-state index contributed by atoms with van der Waals surface area (Å²) >= 11 is 0. The van der Waals surface area contributed by atoms with Gasteiger partial charge in [0.2, 0.25) is 0 Å². The summed E-state index contributed by atoms with van der Waals surface area (Å²) in [5.41, 5.74) is 33.2. The van der Waals surface area contributed by atoms with Gasteiger partial charge < -0.3 is 17.6 Å². The number of fused-ring (bicyclic) bond motifs is 39. The van der Waals surface area contributed by atoms with Crippen molar-refractivity contribution in [1.29, 1.82) is 0 Å². The summed E-state index contributed by atoms with van der Waals surface area (Å²) < 4.78 is 9.42. The first-order chi connectivity index (χ1) is 63.6. The van der Waals surface area contributed by atoms with Crippen LogP contribution in [-0.2, 0) is 25.7 Å². The molecule has 4 heteroatoms. The molecule has 0 radical (unpaired) electrons. The molecule has 0 amide bonds. The van der Waals surface area contributed by atoms with E-state index in [1.807, 2.05) is 222 Å². The van der Waals surface area contributed by atoms with Gasteiger partial charge in [-0.15, -0.1) is 0 Å². The van der Waals surface area contributed by atoms with Crippen LogP contribution in [0.3, 0.4) is 0 Å². The molecule has 128 heavy (non-hydrogen) atoms. The van der Waals surface area contributed by atoms with E-state index >= 15 is 0 Å². The van der Waals surface area contributed by atoms with E-state index in [2.05, 4.69) is 334 Å². The maximum atomic E-state index is 2.40. The van der Waals surface area contributed by atoms with Gasteiger partial charge in [0.15, 0.2) is 0 Å². The Morgan fingerprint density at radius 1 is 0.156 bits per heavy atom. The van der Waals surface area contributed by atoms with Gasteiger partial charge in [-0.3, -0.25) is 0 Å². The highest BCUT2D eigenvalue weighted by Crippen LogP contribution is 2.48. The Hall–Kier alpha value is -12.2. The molecule has 8 heterocycles. The molecule has 0 unspecified atom stereocenters. The fourth-order valence-corrected chi connectivity index (χ4v) is 17.6. The highest BCUT2D eigenvalue weighted by atomic mass is 14.9. The number of rotatable bonds is 0. The van der Waals surface area contributed by atoms with Gasteiger partial charge in [0, 0.05) is 79.9 Å². The van der Waals surface area contributed by atoms with Crippen molar-refractivity contribution in [1.82, 2.24) is 17.6 Å². The lowest BCUT2D eigenvalue weighted by Gasteiger charge is -2.13. The maximum absolute atomic E-state index is 2.40. The second-order valence-corrected chi connectivity index (χ2v) is 26.6. The molecule has 20 aromatic rings. The van der Waals surface area contributed by atoms with Crippen LogP contribution in [0.2, 0.25) is 0 Å². The predicted octanol–water partition coefficient (Wildman–Crippen LogP) is 39.7. The van der Waals surface area contributed by atoms with E-state index in [0.29, 0.717) is 0 Å². The lowest BCUT2D eigenvalue weighted by atomic mass is 9.97. The minimum Gasteiger partial charge on any atom is -0.316 e. The van der Waals surface area contributed by atoms with Gasteiger partial charge in [0.05, 0.1) is 44.1 Å². The zero-order chi connectivity index (χ0) is 94.7. The molecule has 672 valence electrons. The Kier molecular flexibility index (Phi) is 46.0. The van der Waals surface area contributed by atoms with Crippen LogP contribution < -0.4 is 0 Å². The number of benzene rings is 12. The number of pyridine rings is 4. The van der Waals surface area contributed by atoms with Gasteiger partial charge >= 0.3 is 0 Å². The van der Waals surface area contributed by atoms with Crippen molar-refractivity contribution < 1.29 is 0 Å². The normalized spacial score (nSPS) is 10.4. The van der Waals surface area contributed by atoms with Crippen molar-refractivity contribution in [3.8, 4) is 44.5 Å². The second-order valence-electron chi connectivity index (χ2n) is 26.6. The summed E-state index contributed by atoms with van der Waals surface area (Å²) in [6.07, 6.45) is 12.9. The van der Waals surface area contributed by atoms with Crippen molar-refractivity contribution in [2.45, 2.75) is 247 Å². The van der Waals surface area contributed by atoms with Crippen molar-refractivity contribution in [3.05, 3.63) is 360 Å². The topological polar surface area (TPSA) is 17.6 Å². The van der Waals surface area contributed by atoms with Crippen LogP contribution in [0.25, 0.3) is 153 Å². The predicted molar refractivity (Wildman–Crippen MR) is 584 cm³/mol. The molecule has 0 N–H and O–H groups in total. The van der Waals surface area contributed by atoms with Crippen LogP contribution in [0.1, 0.15) is 266 Å². The van der Waals surface area contributed by atoms with E-state index < -0.39 is 0 Å². The average molecular weight is 1700 g/mol. The summed E-state index contributed by atoms with van der Waals surface area (Å²) in [6.45, 7) is 64.0. The molecular weight excluding hydrogens is 1550 g/mol. The highest BCUT2D eigenvalue weighted by molar-refractivity contribution is 6.19. The SMILES string of the molecule is CC.CC.CC.CC.CC.CC.CC.CC.CC.CC.CC.CC.CC.CC.CC.CC.c1ccc2c(c1)Cc1c-2ccc2c1c1ccccc1c1cccn12.c1ccc2c(c1)Cc1c-2ccc2c3ccccc3c3cccn3c12.c1ccc2c(c1)Cc1cc3c(cc1-2)c1ccccc1c1cccn13.c1ccc2c(c1)Cc1ccc3c4ccccc4c4cccn4c3c1-2. The van der Waals surface area contributed by atoms with E-state index in [4.69, 9.17) is 0 Å². The van der Waals surface area contributed by atoms with Gasteiger partial charge in [-0.2, -0.15) is 0 Å². The van der Waals surface area contributed by atoms with Crippen LogP contribution in [0.5, 0.6) is 0 Å². The molecule has 24 rings (SSSR count). The smallest absolute Gasteiger partial charge is 0.0615 e. The molecule has 12 aromatic carbocycles. The molecule has 8 aromatic heterocycles. The summed E-state index contributed by atoms with van der Waals surface area (Å²) in [5.74, 6) is 0. The molecule has 0 saturated heterocycles. The average Bonchev–Trinajstić information content (AvgIpc) is 1.55. The minimum absolute atomic E-state index is 1.02. The van der Waals surface area contributed by atoms with Crippen molar-refractivity contribution in [2.24, 2.45) is 0 Å². The summed E-state index contributed by atoms with van der Waals surface area (Å²) in [7, 11) is 0. The molecule has 0 bridgehead atoms. The first kappa shape index (κ1) is 106. The molecule has 0 fully saturated rings. The van der Waals surface area contributed by atoms with E-state index in [1.54, 1.807) is 0 Å². The first-order valence-corrected chi connectivity index (χ1v) is 49.7. The van der Waals surface area contributed by atoms with Crippen molar-refractivity contribution >= 4 is 109 Å². The lowest BCUT2D eigenvalue weighted by Crippen LogP contribution is -1.94. The Bertz CT molecular complexity index is 6630.